The Morgan fingerprint density at radius 2 is 1.82 bits per heavy atom. The molecule has 2 fully saturated rings. The van der Waals surface area contributed by atoms with Gasteiger partial charge in [0.2, 0.25) is 27.7 Å². The zero-order chi connectivity index (χ0) is 27.2. The Bertz CT molecular complexity index is 1400. The van der Waals surface area contributed by atoms with Gasteiger partial charge in [0.15, 0.2) is 11.6 Å². The molecule has 0 amide bonds. The fourth-order valence-electron chi connectivity index (χ4n) is 5.07. The van der Waals surface area contributed by atoms with Gasteiger partial charge in [-0.25, -0.2) is 27.8 Å². The van der Waals surface area contributed by atoms with E-state index in [4.69, 9.17) is 4.74 Å². The summed E-state index contributed by atoms with van der Waals surface area (Å²) in [5.74, 6) is -2.72. The first kappa shape index (κ1) is 27.2. The molecule has 3 aromatic rings. The molecule has 12 heteroatoms. The van der Waals surface area contributed by atoms with E-state index in [2.05, 4.69) is 30.3 Å². The number of nitrogens with one attached hydrogen (secondary N) is 3. The molecule has 1 aromatic carbocycles. The lowest BCUT2D eigenvalue weighted by molar-refractivity contribution is 0.385. The van der Waals surface area contributed by atoms with Crippen molar-refractivity contribution in [3.8, 4) is 22.9 Å². The number of ether oxygens (including phenoxy) is 1. The SMILES string of the molecule is O=S(=O)(CC1CCCCC1)Nc1ccc(Oc2ncccc2-c2ccnc(NC3CCCNC3)n2)c(F)c1F. The van der Waals surface area contributed by atoms with Crippen LogP contribution in [0.3, 0.4) is 0 Å². The van der Waals surface area contributed by atoms with Gasteiger partial charge in [-0.1, -0.05) is 19.3 Å². The first-order valence-corrected chi connectivity index (χ1v) is 15.0. The fraction of sp³-hybridized carbons (Fsp3) is 0.444. The van der Waals surface area contributed by atoms with Gasteiger partial charge >= 0.3 is 0 Å². The van der Waals surface area contributed by atoms with Crippen LogP contribution >= 0.6 is 0 Å². The van der Waals surface area contributed by atoms with Gasteiger partial charge in [-0.05, 0) is 68.5 Å². The summed E-state index contributed by atoms with van der Waals surface area (Å²) in [4.78, 5) is 13.1. The van der Waals surface area contributed by atoms with Crippen LogP contribution in [0, 0.1) is 17.6 Å². The summed E-state index contributed by atoms with van der Waals surface area (Å²) in [6.07, 6.45) is 9.82. The van der Waals surface area contributed by atoms with Crippen molar-refractivity contribution in [1.29, 1.82) is 0 Å². The number of sulfonamides is 1. The molecule has 1 atom stereocenters. The van der Waals surface area contributed by atoms with Crippen LogP contribution in [0.5, 0.6) is 11.6 Å². The molecule has 0 radical (unpaired) electrons. The van der Waals surface area contributed by atoms with Gasteiger partial charge in [-0.3, -0.25) is 4.72 Å². The van der Waals surface area contributed by atoms with E-state index < -0.39 is 33.1 Å². The predicted octanol–water partition coefficient (Wildman–Crippen LogP) is 5.10. The highest BCUT2D eigenvalue weighted by Gasteiger charge is 2.25. The van der Waals surface area contributed by atoms with Crippen molar-refractivity contribution in [1.82, 2.24) is 20.3 Å². The van der Waals surface area contributed by atoms with E-state index >= 15 is 4.39 Å². The second-order valence-electron chi connectivity index (χ2n) is 10.0. The van der Waals surface area contributed by atoms with E-state index in [1.165, 1.54) is 12.3 Å². The van der Waals surface area contributed by atoms with Crippen LogP contribution in [0.1, 0.15) is 44.9 Å². The Hall–Kier alpha value is -3.38. The summed E-state index contributed by atoms with van der Waals surface area (Å²) in [6, 6.07) is 7.60. The maximum absolute atomic E-state index is 15.0. The predicted molar refractivity (Wildman–Crippen MR) is 145 cm³/mol. The van der Waals surface area contributed by atoms with E-state index in [1.54, 1.807) is 24.4 Å². The van der Waals surface area contributed by atoms with E-state index in [9.17, 15) is 12.8 Å². The lowest BCUT2D eigenvalue weighted by atomic mass is 9.91. The van der Waals surface area contributed by atoms with Crippen molar-refractivity contribution in [2.75, 3.05) is 28.9 Å². The zero-order valence-electron chi connectivity index (χ0n) is 21.5. The summed E-state index contributed by atoms with van der Waals surface area (Å²) >= 11 is 0. The summed E-state index contributed by atoms with van der Waals surface area (Å²) < 4.78 is 63.1. The van der Waals surface area contributed by atoms with Crippen LogP contribution in [0.25, 0.3) is 11.3 Å². The second-order valence-corrected chi connectivity index (χ2v) is 11.8. The van der Waals surface area contributed by atoms with E-state index in [-0.39, 0.29) is 23.6 Å². The van der Waals surface area contributed by atoms with Crippen LogP contribution < -0.4 is 20.1 Å². The number of rotatable bonds is 9. The van der Waals surface area contributed by atoms with Crippen molar-refractivity contribution < 1.29 is 21.9 Å². The van der Waals surface area contributed by atoms with Crippen molar-refractivity contribution in [2.45, 2.75) is 51.0 Å². The van der Waals surface area contributed by atoms with E-state index in [1.807, 2.05) is 0 Å². The van der Waals surface area contributed by atoms with Crippen LogP contribution in [0.15, 0.2) is 42.7 Å². The summed E-state index contributed by atoms with van der Waals surface area (Å²) in [5.41, 5.74) is 0.495. The normalized spacial score (nSPS) is 18.5. The zero-order valence-corrected chi connectivity index (χ0v) is 22.3. The number of hydrogen-bond donors (Lipinski definition) is 3. The minimum Gasteiger partial charge on any atom is -0.435 e. The third kappa shape index (κ3) is 6.99. The molecule has 1 unspecified atom stereocenters. The molecule has 1 saturated heterocycles. The van der Waals surface area contributed by atoms with Crippen molar-refractivity contribution in [3.05, 3.63) is 54.4 Å². The fourth-order valence-corrected chi connectivity index (χ4v) is 6.60. The molecule has 2 aliphatic rings. The molecular weight excluding hydrogens is 526 g/mol. The lowest BCUT2D eigenvalue weighted by Crippen LogP contribution is -2.38. The van der Waals surface area contributed by atoms with Crippen LogP contribution in [-0.2, 0) is 10.0 Å². The van der Waals surface area contributed by atoms with E-state index in [0.717, 1.165) is 64.1 Å². The Labute approximate surface area is 226 Å². The number of halogens is 2. The van der Waals surface area contributed by atoms with Gasteiger partial charge in [-0.15, -0.1) is 0 Å². The maximum atomic E-state index is 15.0. The monoisotopic (exact) mass is 558 g/mol. The number of piperidine rings is 1. The smallest absolute Gasteiger partial charge is 0.233 e. The molecule has 9 nitrogen and oxygen atoms in total. The number of anilines is 2. The average Bonchev–Trinajstić information content (AvgIpc) is 2.94. The molecule has 39 heavy (non-hydrogen) atoms. The molecule has 3 N–H and O–H groups in total. The van der Waals surface area contributed by atoms with Gasteiger partial charge in [0.1, 0.15) is 0 Å². The minimum absolute atomic E-state index is 0.0189. The number of hydrogen-bond acceptors (Lipinski definition) is 8. The van der Waals surface area contributed by atoms with Crippen LogP contribution in [0.2, 0.25) is 0 Å². The van der Waals surface area contributed by atoms with Crippen molar-refractivity contribution >= 4 is 21.7 Å². The molecule has 3 heterocycles. The Morgan fingerprint density at radius 1 is 0.974 bits per heavy atom. The van der Waals surface area contributed by atoms with Gasteiger partial charge in [0, 0.05) is 25.0 Å². The van der Waals surface area contributed by atoms with Crippen molar-refractivity contribution in [3.63, 3.8) is 0 Å². The highest BCUT2D eigenvalue weighted by Crippen LogP contribution is 2.34. The second kappa shape index (κ2) is 12.2. The highest BCUT2D eigenvalue weighted by atomic mass is 32.2. The van der Waals surface area contributed by atoms with Crippen molar-refractivity contribution in [2.24, 2.45) is 5.92 Å². The molecule has 0 spiro atoms. The first-order chi connectivity index (χ1) is 18.9. The average molecular weight is 559 g/mol. The van der Waals surface area contributed by atoms with Gasteiger partial charge in [-0.2, -0.15) is 4.39 Å². The molecule has 208 valence electrons. The quantitative estimate of drug-likeness (QED) is 0.332. The van der Waals surface area contributed by atoms with E-state index in [0.29, 0.717) is 17.2 Å². The number of benzene rings is 1. The lowest BCUT2D eigenvalue weighted by Gasteiger charge is -2.23. The largest absolute Gasteiger partial charge is 0.435 e. The molecular formula is C27H32F2N6O3S. The Morgan fingerprint density at radius 3 is 2.62 bits per heavy atom. The first-order valence-electron chi connectivity index (χ1n) is 13.3. The molecule has 1 aliphatic heterocycles. The van der Waals surface area contributed by atoms with Gasteiger partial charge < -0.3 is 15.4 Å². The minimum atomic E-state index is -3.84. The molecule has 2 aromatic heterocycles. The molecule has 5 rings (SSSR count). The topological polar surface area (TPSA) is 118 Å². The summed E-state index contributed by atoms with van der Waals surface area (Å²) in [5, 5.41) is 6.65. The van der Waals surface area contributed by atoms with Crippen LogP contribution in [0.4, 0.5) is 20.4 Å². The number of nitrogens with zero attached hydrogens (tertiary/aromatic N) is 3. The maximum Gasteiger partial charge on any atom is 0.233 e. The molecule has 0 bridgehead atoms. The Balaban J connectivity index is 1.32. The molecule has 1 aliphatic carbocycles. The summed E-state index contributed by atoms with van der Waals surface area (Å²) in [6.45, 7) is 1.80. The van der Waals surface area contributed by atoms with Gasteiger partial charge in [0.25, 0.3) is 0 Å². The van der Waals surface area contributed by atoms with Crippen LogP contribution in [-0.4, -0.2) is 48.3 Å². The van der Waals surface area contributed by atoms with Gasteiger partial charge in [0.05, 0.1) is 22.7 Å². The summed E-state index contributed by atoms with van der Waals surface area (Å²) in [7, 11) is -3.84. The third-order valence-electron chi connectivity index (χ3n) is 7.03. The number of pyridine rings is 1. The Kier molecular flexibility index (Phi) is 8.51. The molecule has 1 saturated carbocycles. The number of aromatic nitrogens is 3. The third-order valence-corrected chi connectivity index (χ3v) is 8.47. The highest BCUT2D eigenvalue weighted by molar-refractivity contribution is 7.92. The standard InChI is InChI=1S/C27H32F2N6O3S/c28-24-22(35-39(36,37)17-18-6-2-1-3-7-18)10-11-23(25(24)29)38-26-20(9-5-14-31-26)21-12-15-32-27(34-21)33-19-8-4-13-30-16-19/h5,9-12,14-15,18-19,30,35H,1-4,6-8,13,16-17H2,(H,32,33,34).